The van der Waals surface area contributed by atoms with Crippen molar-refractivity contribution in [3.63, 3.8) is 0 Å². The van der Waals surface area contributed by atoms with E-state index in [9.17, 15) is 13.6 Å². The molecule has 0 aromatic carbocycles. The van der Waals surface area contributed by atoms with Crippen LogP contribution in [0.3, 0.4) is 0 Å². The van der Waals surface area contributed by atoms with Crippen LogP contribution in [0.4, 0.5) is 14.6 Å². The molecule has 1 saturated heterocycles. The second-order valence-corrected chi connectivity index (χ2v) is 6.71. The molecule has 1 unspecified atom stereocenters. The highest BCUT2D eigenvalue weighted by Crippen LogP contribution is 2.42. The Morgan fingerprint density at radius 2 is 2.23 bits per heavy atom. The molecule has 2 aromatic heterocycles. The Morgan fingerprint density at radius 3 is 3.04 bits per heavy atom. The Kier molecular flexibility index (Phi) is 4.20. The van der Waals surface area contributed by atoms with E-state index in [4.69, 9.17) is 10.5 Å². The number of nitrogens with two attached hydrogens (primary N) is 1. The Labute approximate surface area is 148 Å². The van der Waals surface area contributed by atoms with Crippen molar-refractivity contribution in [3.05, 3.63) is 52.3 Å². The minimum Gasteiger partial charge on any atom is -0.383 e. The SMILES string of the molecule is Nc1ccn([C@@H]2OC(CN3CCc4ncccc4C3)CC2(F)F)c(=O)n1. The second-order valence-electron chi connectivity index (χ2n) is 6.71. The molecule has 2 aromatic rings. The third-order valence-corrected chi connectivity index (χ3v) is 4.79. The van der Waals surface area contributed by atoms with Gasteiger partial charge in [-0.05, 0) is 17.7 Å². The first-order valence-electron chi connectivity index (χ1n) is 8.45. The first-order chi connectivity index (χ1) is 12.4. The first kappa shape index (κ1) is 17.0. The number of hydrogen-bond donors (Lipinski definition) is 1. The van der Waals surface area contributed by atoms with Crippen molar-refractivity contribution in [3.8, 4) is 0 Å². The number of halogens is 2. The molecule has 0 aliphatic carbocycles. The Balaban J connectivity index is 1.47. The molecule has 1 fully saturated rings. The van der Waals surface area contributed by atoms with Crippen LogP contribution in [0.25, 0.3) is 0 Å². The van der Waals surface area contributed by atoms with Gasteiger partial charge in [0.25, 0.3) is 5.92 Å². The molecule has 0 bridgehead atoms. The highest BCUT2D eigenvalue weighted by Gasteiger charge is 2.52. The average Bonchev–Trinajstić information content (AvgIpc) is 2.89. The summed E-state index contributed by atoms with van der Waals surface area (Å²) in [5.41, 5.74) is 6.74. The lowest BCUT2D eigenvalue weighted by molar-refractivity contribution is -0.119. The number of nitrogen functional groups attached to an aromatic ring is 1. The van der Waals surface area contributed by atoms with E-state index < -0.39 is 30.4 Å². The Morgan fingerprint density at radius 1 is 1.38 bits per heavy atom. The third kappa shape index (κ3) is 3.19. The van der Waals surface area contributed by atoms with Crippen LogP contribution in [0.15, 0.2) is 35.4 Å². The molecule has 7 nitrogen and oxygen atoms in total. The quantitative estimate of drug-likeness (QED) is 0.882. The van der Waals surface area contributed by atoms with Crippen molar-refractivity contribution < 1.29 is 13.5 Å². The van der Waals surface area contributed by atoms with Gasteiger partial charge in [-0.25, -0.2) is 13.6 Å². The lowest BCUT2D eigenvalue weighted by Crippen LogP contribution is -2.37. The minimum absolute atomic E-state index is 0.00953. The highest BCUT2D eigenvalue weighted by atomic mass is 19.3. The maximum Gasteiger partial charge on any atom is 0.351 e. The normalized spacial score (nSPS) is 25.2. The van der Waals surface area contributed by atoms with Crippen molar-refractivity contribution in [1.82, 2.24) is 19.4 Å². The highest BCUT2D eigenvalue weighted by molar-refractivity contribution is 5.24. The lowest BCUT2D eigenvalue weighted by atomic mass is 10.0. The van der Waals surface area contributed by atoms with Crippen LogP contribution in [0.2, 0.25) is 0 Å². The minimum atomic E-state index is -3.15. The van der Waals surface area contributed by atoms with Gasteiger partial charge in [-0.15, -0.1) is 0 Å². The van der Waals surface area contributed by atoms with Crippen LogP contribution in [0.1, 0.15) is 23.9 Å². The van der Waals surface area contributed by atoms with Gasteiger partial charge in [0.2, 0.25) is 6.23 Å². The fourth-order valence-corrected chi connectivity index (χ4v) is 3.58. The van der Waals surface area contributed by atoms with Gasteiger partial charge in [-0.3, -0.25) is 14.5 Å². The predicted molar refractivity (Wildman–Crippen MR) is 89.6 cm³/mol. The predicted octanol–water partition coefficient (Wildman–Crippen LogP) is 1.20. The van der Waals surface area contributed by atoms with Crippen molar-refractivity contribution in [1.29, 1.82) is 0 Å². The van der Waals surface area contributed by atoms with E-state index in [0.717, 1.165) is 28.8 Å². The number of fused-ring (bicyclic) bond motifs is 1. The first-order valence-corrected chi connectivity index (χ1v) is 8.45. The smallest absolute Gasteiger partial charge is 0.351 e. The van der Waals surface area contributed by atoms with Crippen LogP contribution < -0.4 is 11.4 Å². The second kappa shape index (κ2) is 6.40. The van der Waals surface area contributed by atoms with Gasteiger partial charge in [0.05, 0.1) is 6.10 Å². The molecule has 0 amide bonds. The monoisotopic (exact) mass is 363 g/mol. The third-order valence-electron chi connectivity index (χ3n) is 4.79. The number of ether oxygens (including phenoxy) is 1. The van der Waals surface area contributed by atoms with Crippen LogP contribution >= 0.6 is 0 Å². The molecule has 2 atom stereocenters. The molecule has 2 N–H and O–H groups in total. The van der Waals surface area contributed by atoms with E-state index >= 15 is 0 Å². The Bertz CT molecular complexity index is 872. The molecular formula is C17H19F2N5O2. The average molecular weight is 363 g/mol. The van der Waals surface area contributed by atoms with E-state index in [0.29, 0.717) is 13.1 Å². The van der Waals surface area contributed by atoms with Crippen molar-refractivity contribution >= 4 is 5.82 Å². The van der Waals surface area contributed by atoms with Gasteiger partial charge in [0.1, 0.15) is 5.82 Å². The summed E-state index contributed by atoms with van der Waals surface area (Å²) in [7, 11) is 0. The fourth-order valence-electron chi connectivity index (χ4n) is 3.58. The number of anilines is 1. The number of hydrogen-bond acceptors (Lipinski definition) is 6. The van der Waals surface area contributed by atoms with Gasteiger partial charge in [-0.1, -0.05) is 6.07 Å². The van der Waals surface area contributed by atoms with E-state index in [1.165, 1.54) is 12.3 Å². The lowest BCUT2D eigenvalue weighted by Gasteiger charge is -2.29. The summed E-state index contributed by atoms with van der Waals surface area (Å²) < 4.78 is 35.3. The van der Waals surface area contributed by atoms with Crippen LogP contribution in [-0.2, 0) is 17.7 Å². The molecule has 4 heterocycles. The summed E-state index contributed by atoms with van der Waals surface area (Å²) in [6.07, 6.45) is 0.978. The molecule has 0 saturated carbocycles. The molecule has 2 aliphatic rings. The van der Waals surface area contributed by atoms with Gasteiger partial charge < -0.3 is 10.5 Å². The summed E-state index contributed by atoms with van der Waals surface area (Å²) >= 11 is 0. The molecule has 26 heavy (non-hydrogen) atoms. The summed E-state index contributed by atoms with van der Waals surface area (Å²) in [6, 6.07) is 5.18. The van der Waals surface area contributed by atoms with Crippen molar-refractivity contribution in [2.45, 2.75) is 37.6 Å². The number of alkyl halides is 2. The van der Waals surface area contributed by atoms with Crippen molar-refractivity contribution in [2.24, 2.45) is 0 Å². The standard InChI is InChI=1S/C17H19F2N5O2/c18-17(19)8-12(26-15(17)24-7-4-14(20)22-16(24)25)10-23-6-3-13-11(9-23)2-1-5-21-13/h1-2,4-5,7,12,15H,3,6,8-10H2,(H2,20,22,25)/t12?,15-/m1/s1. The molecule has 2 aliphatic heterocycles. The Hall–Kier alpha value is -2.39. The van der Waals surface area contributed by atoms with E-state index in [2.05, 4.69) is 14.9 Å². The summed E-state index contributed by atoms with van der Waals surface area (Å²) in [5, 5.41) is 0. The topological polar surface area (TPSA) is 86.3 Å². The zero-order valence-electron chi connectivity index (χ0n) is 14.0. The van der Waals surface area contributed by atoms with Crippen LogP contribution in [0.5, 0.6) is 0 Å². The maximum atomic E-state index is 14.4. The summed E-state index contributed by atoms with van der Waals surface area (Å²) in [6.45, 7) is 1.77. The van der Waals surface area contributed by atoms with Gasteiger partial charge in [-0.2, -0.15) is 4.98 Å². The fraction of sp³-hybridized carbons (Fsp3) is 0.471. The molecule has 138 valence electrons. The molecule has 4 rings (SSSR count). The van der Waals surface area contributed by atoms with Crippen molar-refractivity contribution in [2.75, 3.05) is 18.8 Å². The maximum absolute atomic E-state index is 14.4. The van der Waals surface area contributed by atoms with Crippen LogP contribution in [0, 0.1) is 0 Å². The molecule has 9 heteroatoms. The largest absolute Gasteiger partial charge is 0.383 e. The number of nitrogens with zero attached hydrogens (tertiary/aromatic N) is 4. The van der Waals surface area contributed by atoms with Gasteiger partial charge in [0.15, 0.2) is 0 Å². The number of aromatic nitrogens is 3. The zero-order chi connectivity index (χ0) is 18.3. The van der Waals surface area contributed by atoms with E-state index in [1.807, 2.05) is 12.1 Å². The van der Waals surface area contributed by atoms with Gasteiger partial charge >= 0.3 is 5.69 Å². The number of pyridine rings is 1. The summed E-state index contributed by atoms with van der Waals surface area (Å²) in [5.74, 6) is -3.16. The number of rotatable bonds is 3. The molecule has 0 spiro atoms. The van der Waals surface area contributed by atoms with Gasteiger partial charge in [0, 0.05) is 50.6 Å². The van der Waals surface area contributed by atoms with Crippen LogP contribution in [-0.4, -0.2) is 44.6 Å². The summed E-state index contributed by atoms with van der Waals surface area (Å²) in [4.78, 5) is 21.8. The van der Waals surface area contributed by atoms with E-state index in [-0.39, 0.29) is 5.82 Å². The molecule has 0 radical (unpaired) electrons. The molecular weight excluding hydrogens is 344 g/mol. The van der Waals surface area contributed by atoms with E-state index in [1.54, 1.807) is 6.20 Å². The zero-order valence-corrected chi connectivity index (χ0v) is 14.0.